The smallest absolute Gasteiger partial charge is 0.347 e. The number of allylic oxidation sites excluding steroid dienone is 10. The molecule has 358 valence electrons. The minimum atomic E-state index is -1.55. The zero-order valence-electron chi connectivity index (χ0n) is 38.8. The molecule has 0 saturated carbocycles. The third-order valence-electron chi connectivity index (χ3n) is 8.70. The molecule has 1 unspecified atom stereocenters. The van der Waals surface area contributed by atoms with Crippen LogP contribution in [0.4, 0.5) is 0 Å². The van der Waals surface area contributed by atoms with Crippen LogP contribution in [-0.2, 0) is 28.7 Å². The second kappa shape index (κ2) is 32.4. The molecule has 0 radical (unpaired) electrons. The number of para-hydroxylation sites is 2. The van der Waals surface area contributed by atoms with Crippen LogP contribution >= 0.6 is 0 Å². The fraction of sp³-hybridized carbons (Fsp3) is 0.388. The Morgan fingerprint density at radius 1 is 0.758 bits per heavy atom. The summed E-state index contributed by atoms with van der Waals surface area (Å²) in [7, 11) is 3.39. The largest absolute Gasteiger partial charge is 0.481 e. The van der Waals surface area contributed by atoms with E-state index in [1.807, 2.05) is 12.2 Å². The molecule has 17 nitrogen and oxygen atoms in total. The van der Waals surface area contributed by atoms with Crippen LogP contribution in [0.15, 0.2) is 109 Å². The Balaban J connectivity index is 0.00000217. The molecule has 1 amide bonds. The highest BCUT2D eigenvalue weighted by molar-refractivity contribution is 5.99. The number of nitrogens with two attached hydrogens (primary N) is 1. The number of carboxylic acids is 1. The lowest BCUT2D eigenvalue weighted by Gasteiger charge is -2.32. The summed E-state index contributed by atoms with van der Waals surface area (Å²) < 4.78 is 21.8. The molecular formula is C49H66N6O11. The molecule has 0 fully saturated rings. The van der Waals surface area contributed by atoms with Crippen LogP contribution in [0.25, 0.3) is 0 Å². The SMILES string of the molecule is CC/C=C\C/C=C\C/C=C\C/C=C\C/C=C\CCCC(=O)OCC(C)(C)C(OC(=O)c1ccccc1OC(=O)c1ccccc1OC(C)=O)C(=O)NCCC(=O)O.CN(C)C(=N)NC(=N)N. The number of carbonyl (C=O) groups is 6. The Labute approximate surface area is 387 Å². The number of hydrogen-bond donors (Lipinski definition) is 6. The molecule has 0 aliphatic carbocycles. The second-order valence-electron chi connectivity index (χ2n) is 15.2. The van der Waals surface area contributed by atoms with Gasteiger partial charge in [-0.1, -0.05) is 106 Å². The van der Waals surface area contributed by atoms with Crippen molar-refractivity contribution >= 4 is 47.7 Å². The summed E-state index contributed by atoms with van der Waals surface area (Å²) in [6, 6.07) is 11.6. The van der Waals surface area contributed by atoms with Crippen molar-refractivity contribution in [3.05, 3.63) is 120 Å². The van der Waals surface area contributed by atoms with E-state index in [0.29, 0.717) is 12.8 Å². The summed E-state index contributed by atoms with van der Waals surface area (Å²) in [6.07, 6.45) is 25.1. The quantitative estimate of drug-likeness (QED) is 0.0142. The average molecular weight is 915 g/mol. The van der Waals surface area contributed by atoms with E-state index in [1.165, 1.54) is 48.2 Å². The number of amides is 1. The zero-order valence-corrected chi connectivity index (χ0v) is 38.8. The monoisotopic (exact) mass is 914 g/mol. The van der Waals surface area contributed by atoms with E-state index in [-0.39, 0.29) is 60.5 Å². The van der Waals surface area contributed by atoms with E-state index in [1.54, 1.807) is 40.1 Å². The first-order chi connectivity index (χ1) is 31.4. The zero-order chi connectivity index (χ0) is 49.3. The van der Waals surface area contributed by atoms with Crippen LogP contribution in [0.2, 0.25) is 0 Å². The van der Waals surface area contributed by atoms with Crippen molar-refractivity contribution in [1.82, 2.24) is 15.5 Å². The van der Waals surface area contributed by atoms with Gasteiger partial charge in [-0.3, -0.25) is 35.3 Å². The number of aliphatic carboxylic acids is 1. The Morgan fingerprint density at radius 3 is 1.74 bits per heavy atom. The van der Waals surface area contributed by atoms with Crippen molar-refractivity contribution in [2.24, 2.45) is 11.1 Å². The van der Waals surface area contributed by atoms with E-state index < -0.39 is 47.3 Å². The molecule has 0 spiro atoms. The van der Waals surface area contributed by atoms with Crippen molar-refractivity contribution in [3.63, 3.8) is 0 Å². The number of esters is 4. The Morgan fingerprint density at radius 2 is 1.26 bits per heavy atom. The molecule has 1 atom stereocenters. The van der Waals surface area contributed by atoms with Gasteiger partial charge in [0.1, 0.15) is 29.2 Å². The van der Waals surface area contributed by atoms with Crippen molar-refractivity contribution in [2.75, 3.05) is 27.2 Å². The number of rotatable bonds is 25. The number of benzene rings is 2. The van der Waals surface area contributed by atoms with E-state index in [9.17, 15) is 28.8 Å². The number of carboxylic acid groups (broad SMARTS) is 1. The van der Waals surface area contributed by atoms with Gasteiger partial charge in [0.25, 0.3) is 5.91 Å². The Bertz CT molecular complexity index is 2070. The number of ether oxygens (including phenoxy) is 4. The van der Waals surface area contributed by atoms with Crippen molar-refractivity contribution < 1.29 is 52.8 Å². The molecule has 2 rings (SSSR count). The van der Waals surface area contributed by atoms with Gasteiger partial charge in [0.15, 0.2) is 18.0 Å². The maximum atomic E-state index is 13.6. The van der Waals surface area contributed by atoms with Gasteiger partial charge in [0.2, 0.25) is 0 Å². The van der Waals surface area contributed by atoms with Crippen LogP contribution in [0.5, 0.6) is 11.5 Å². The lowest BCUT2D eigenvalue weighted by atomic mass is 9.86. The first-order valence-corrected chi connectivity index (χ1v) is 21.5. The van der Waals surface area contributed by atoms with Gasteiger partial charge in [0, 0.05) is 39.4 Å². The van der Waals surface area contributed by atoms with Gasteiger partial charge in [-0.25, -0.2) is 9.59 Å². The van der Waals surface area contributed by atoms with Crippen LogP contribution in [0.1, 0.15) is 106 Å². The molecule has 0 aliphatic rings. The highest BCUT2D eigenvalue weighted by Crippen LogP contribution is 2.29. The van der Waals surface area contributed by atoms with Crippen LogP contribution in [-0.4, -0.2) is 91.0 Å². The second-order valence-corrected chi connectivity index (χ2v) is 15.2. The Kier molecular flexibility index (Phi) is 27.8. The van der Waals surface area contributed by atoms with Gasteiger partial charge in [-0.15, -0.1) is 0 Å². The predicted octanol–water partition coefficient (Wildman–Crippen LogP) is 7.40. The molecule has 17 heteroatoms. The summed E-state index contributed by atoms with van der Waals surface area (Å²) in [4.78, 5) is 76.8. The van der Waals surface area contributed by atoms with E-state index in [2.05, 4.69) is 66.2 Å². The van der Waals surface area contributed by atoms with Gasteiger partial charge in [-0.2, -0.15) is 0 Å². The summed E-state index contributed by atoms with van der Waals surface area (Å²) >= 11 is 0. The van der Waals surface area contributed by atoms with Crippen LogP contribution < -0.4 is 25.8 Å². The molecule has 0 heterocycles. The highest BCUT2D eigenvalue weighted by atomic mass is 16.6. The molecule has 2 aromatic rings. The Hall–Kier alpha value is -7.30. The number of carbonyl (C=O) groups excluding carboxylic acids is 5. The van der Waals surface area contributed by atoms with Crippen LogP contribution in [0, 0.1) is 16.2 Å². The number of nitrogens with one attached hydrogen (secondary N) is 4. The first kappa shape index (κ1) is 56.7. The van der Waals surface area contributed by atoms with Gasteiger partial charge in [0.05, 0.1) is 6.42 Å². The molecule has 0 aromatic heterocycles. The standard InChI is InChI=1S/C45H55NO11.C4H11N5/c1-5-6-7-8-9-10-11-12-13-14-15-16-17-18-19-20-21-30-40(50)54-33-45(3,4)41(42(51)46-32-31-39(48)49)57-44(53)36-27-23-25-29-38(36)56-43(52)35-26-22-24-28-37(35)55-34(2)47;1-9(2)4(7)8-3(5)6/h6-7,9-10,12-13,15-16,18-19,22-29,41H,5,8,11,14,17,20-21,30-33H2,1-4H3,(H,46,51)(H,48,49);1-2H3,(H5,5,6,7,8)/b7-6-,10-9-,13-12-,16-15-,19-18-;. The molecule has 2 aromatic carbocycles. The summed E-state index contributed by atoms with van der Waals surface area (Å²) in [6.45, 7) is 5.87. The topological polar surface area (TPSA) is 261 Å². The normalized spacial score (nSPS) is 11.8. The fourth-order valence-corrected chi connectivity index (χ4v) is 5.27. The van der Waals surface area contributed by atoms with E-state index in [4.69, 9.17) is 40.6 Å². The molecular weight excluding hydrogens is 849 g/mol. The van der Waals surface area contributed by atoms with Crippen molar-refractivity contribution in [1.29, 1.82) is 10.8 Å². The van der Waals surface area contributed by atoms with Gasteiger partial charge >= 0.3 is 29.8 Å². The average Bonchev–Trinajstić information content (AvgIpc) is 3.25. The molecule has 0 bridgehead atoms. The summed E-state index contributed by atoms with van der Waals surface area (Å²) in [5, 5.41) is 27.6. The van der Waals surface area contributed by atoms with Gasteiger partial charge in [-0.05, 0) is 69.2 Å². The number of unbranched alkanes of at least 4 members (excludes halogenated alkanes) is 1. The number of nitrogens with zero attached hydrogens (tertiary/aromatic N) is 1. The molecule has 7 N–H and O–H groups in total. The third-order valence-corrected chi connectivity index (χ3v) is 8.70. The molecule has 0 saturated heterocycles. The lowest BCUT2D eigenvalue weighted by molar-refractivity contribution is -0.153. The minimum Gasteiger partial charge on any atom is -0.481 e. The minimum absolute atomic E-state index is 0.0429. The first-order valence-electron chi connectivity index (χ1n) is 21.5. The van der Waals surface area contributed by atoms with Gasteiger partial charge < -0.3 is 40.0 Å². The van der Waals surface area contributed by atoms with E-state index in [0.717, 1.165) is 32.1 Å². The maximum absolute atomic E-state index is 13.6. The predicted molar refractivity (Wildman–Crippen MR) is 253 cm³/mol. The molecule has 0 aliphatic heterocycles. The number of guanidine groups is 2. The molecule has 66 heavy (non-hydrogen) atoms. The van der Waals surface area contributed by atoms with E-state index >= 15 is 0 Å². The van der Waals surface area contributed by atoms with Crippen molar-refractivity contribution in [3.8, 4) is 11.5 Å². The van der Waals surface area contributed by atoms with Crippen LogP contribution in [0.3, 0.4) is 0 Å². The highest BCUT2D eigenvalue weighted by Gasteiger charge is 2.40. The fourth-order valence-electron chi connectivity index (χ4n) is 5.27. The third kappa shape index (κ3) is 25.1. The lowest BCUT2D eigenvalue weighted by Crippen LogP contribution is -2.49. The number of hydrogen-bond acceptors (Lipinski definition) is 12. The maximum Gasteiger partial charge on any atom is 0.347 e. The summed E-state index contributed by atoms with van der Waals surface area (Å²) in [5.41, 5.74) is 3.37. The summed E-state index contributed by atoms with van der Waals surface area (Å²) in [5.74, 6) is -5.42. The van der Waals surface area contributed by atoms with Crippen molar-refractivity contribution in [2.45, 2.75) is 91.6 Å².